The summed E-state index contributed by atoms with van der Waals surface area (Å²) in [5.74, 6) is -0.286. The molecule has 138 valence electrons. The zero-order valence-corrected chi connectivity index (χ0v) is 16.1. The molecular formula is C20H18ClN3O2S. The smallest absolute Gasteiger partial charge is 0.220 e. The van der Waals surface area contributed by atoms with Crippen LogP contribution in [0.15, 0.2) is 54.0 Å². The van der Waals surface area contributed by atoms with Gasteiger partial charge < -0.3 is 5.32 Å². The summed E-state index contributed by atoms with van der Waals surface area (Å²) in [6, 6.07) is 12.6. The van der Waals surface area contributed by atoms with Crippen molar-refractivity contribution in [3.63, 3.8) is 0 Å². The van der Waals surface area contributed by atoms with Crippen LogP contribution in [0.25, 0.3) is 10.7 Å². The van der Waals surface area contributed by atoms with Crippen LogP contribution >= 0.6 is 22.9 Å². The Labute approximate surface area is 166 Å². The number of amides is 1. The molecule has 2 aromatic heterocycles. The van der Waals surface area contributed by atoms with Crippen molar-refractivity contribution in [3.8, 4) is 10.7 Å². The first-order valence-electron chi connectivity index (χ1n) is 8.53. The van der Waals surface area contributed by atoms with Crippen LogP contribution in [0.1, 0.15) is 28.9 Å². The molecule has 0 saturated heterocycles. The minimum atomic E-state index is -0.157. The quantitative estimate of drug-likeness (QED) is 0.577. The SMILES string of the molecule is O=C(CCC(=O)c1ccccc1Cl)NCCc1csc(-c2ccccn2)n1. The Kier molecular flexibility index (Phi) is 6.68. The summed E-state index contributed by atoms with van der Waals surface area (Å²) in [5.41, 5.74) is 2.21. The van der Waals surface area contributed by atoms with E-state index in [2.05, 4.69) is 15.3 Å². The molecular weight excluding hydrogens is 382 g/mol. The van der Waals surface area contributed by atoms with Crippen LogP contribution in [0.4, 0.5) is 0 Å². The molecule has 0 fully saturated rings. The van der Waals surface area contributed by atoms with Gasteiger partial charge in [-0.25, -0.2) is 4.98 Å². The second-order valence-corrected chi connectivity index (χ2v) is 7.13. The Morgan fingerprint density at radius 2 is 1.89 bits per heavy atom. The third-order valence-corrected chi connectivity index (χ3v) is 5.14. The molecule has 0 unspecified atom stereocenters. The van der Waals surface area contributed by atoms with Crippen molar-refractivity contribution in [2.75, 3.05) is 6.54 Å². The largest absolute Gasteiger partial charge is 0.356 e. The van der Waals surface area contributed by atoms with Crippen LogP contribution in [0.5, 0.6) is 0 Å². The number of rotatable bonds is 8. The molecule has 0 aliphatic carbocycles. The van der Waals surface area contributed by atoms with Crippen molar-refractivity contribution in [2.24, 2.45) is 0 Å². The predicted octanol–water partition coefficient (Wildman–Crippen LogP) is 4.18. The first-order valence-corrected chi connectivity index (χ1v) is 9.79. The predicted molar refractivity (Wildman–Crippen MR) is 107 cm³/mol. The third-order valence-electron chi connectivity index (χ3n) is 3.89. The molecule has 0 aliphatic heterocycles. The van der Waals surface area contributed by atoms with Gasteiger partial charge in [-0.15, -0.1) is 11.3 Å². The minimum Gasteiger partial charge on any atom is -0.356 e. The fourth-order valence-corrected chi connectivity index (χ4v) is 3.57. The topological polar surface area (TPSA) is 72.0 Å². The maximum Gasteiger partial charge on any atom is 0.220 e. The molecule has 3 aromatic rings. The number of nitrogens with zero attached hydrogens (tertiary/aromatic N) is 2. The standard InChI is InChI=1S/C20H18ClN3O2S/c21-16-6-2-1-5-15(16)18(25)8-9-19(26)23-12-10-14-13-27-20(24-14)17-7-3-4-11-22-17/h1-7,11,13H,8-10,12H2,(H,23,26). The number of aromatic nitrogens is 2. The molecule has 1 aromatic carbocycles. The zero-order chi connectivity index (χ0) is 19.1. The highest BCUT2D eigenvalue weighted by Crippen LogP contribution is 2.21. The minimum absolute atomic E-state index is 0.129. The summed E-state index contributed by atoms with van der Waals surface area (Å²) in [5, 5.41) is 6.07. The van der Waals surface area contributed by atoms with E-state index in [0.29, 0.717) is 23.6 Å². The Morgan fingerprint density at radius 3 is 2.67 bits per heavy atom. The average molecular weight is 400 g/mol. The zero-order valence-electron chi connectivity index (χ0n) is 14.5. The van der Waals surface area contributed by atoms with Gasteiger partial charge in [0, 0.05) is 42.9 Å². The van der Waals surface area contributed by atoms with E-state index in [4.69, 9.17) is 11.6 Å². The van der Waals surface area contributed by atoms with E-state index in [1.807, 2.05) is 23.6 Å². The lowest BCUT2D eigenvalue weighted by Gasteiger charge is -2.05. The molecule has 0 spiro atoms. The second kappa shape index (κ2) is 9.39. The van der Waals surface area contributed by atoms with Crippen molar-refractivity contribution in [3.05, 3.63) is 70.3 Å². The van der Waals surface area contributed by atoms with Crippen LogP contribution in [0, 0.1) is 0 Å². The fourth-order valence-electron chi connectivity index (χ4n) is 2.50. The summed E-state index contributed by atoms with van der Waals surface area (Å²) in [6.07, 6.45) is 2.64. The van der Waals surface area contributed by atoms with Gasteiger partial charge in [0.05, 0.1) is 16.4 Å². The number of carbonyl (C=O) groups excluding carboxylic acids is 2. The summed E-state index contributed by atoms with van der Waals surface area (Å²) >= 11 is 7.53. The molecule has 0 atom stereocenters. The lowest BCUT2D eigenvalue weighted by atomic mass is 10.1. The van der Waals surface area contributed by atoms with E-state index in [1.54, 1.807) is 30.5 Å². The van der Waals surface area contributed by atoms with E-state index in [9.17, 15) is 9.59 Å². The highest BCUT2D eigenvalue weighted by molar-refractivity contribution is 7.13. The molecule has 7 heteroatoms. The number of halogens is 1. The first-order chi connectivity index (χ1) is 13.1. The molecule has 0 bridgehead atoms. The number of ketones is 1. The number of thiazole rings is 1. The molecule has 27 heavy (non-hydrogen) atoms. The van der Waals surface area contributed by atoms with Gasteiger partial charge in [0.25, 0.3) is 0 Å². The molecule has 2 heterocycles. The van der Waals surface area contributed by atoms with Gasteiger partial charge in [-0.1, -0.05) is 29.8 Å². The number of Topliss-reactive ketones (excluding diaryl/α,β-unsaturated/α-hetero) is 1. The maximum atomic E-state index is 12.1. The van der Waals surface area contributed by atoms with Crippen molar-refractivity contribution < 1.29 is 9.59 Å². The van der Waals surface area contributed by atoms with Crippen molar-refractivity contribution in [1.82, 2.24) is 15.3 Å². The highest BCUT2D eigenvalue weighted by atomic mass is 35.5. The van der Waals surface area contributed by atoms with Gasteiger partial charge in [-0.3, -0.25) is 14.6 Å². The molecule has 0 saturated carbocycles. The van der Waals surface area contributed by atoms with Gasteiger partial charge in [0.1, 0.15) is 5.01 Å². The number of pyridine rings is 1. The Hall–Kier alpha value is -2.57. The first kappa shape index (κ1) is 19.2. The van der Waals surface area contributed by atoms with E-state index in [-0.39, 0.29) is 24.5 Å². The van der Waals surface area contributed by atoms with Crippen LogP contribution in [0.3, 0.4) is 0 Å². The Balaban J connectivity index is 1.42. The molecule has 1 amide bonds. The summed E-state index contributed by atoms with van der Waals surface area (Å²) in [7, 11) is 0. The second-order valence-electron chi connectivity index (χ2n) is 5.86. The normalized spacial score (nSPS) is 10.6. The maximum absolute atomic E-state index is 12.1. The van der Waals surface area contributed by atoms with Crippen molar-refractivity contribution >= 4 is 34.6 Å². The van der Waals surface area contributed by atoms with Crippen molar-refractivity contribution in [2.45, 2.75) is 19.3 Å². The van der Waals surface area contributed by atoms with Crippen LogP contribution < -0.4 is 5.32 Å². The lowest BCUT2D eigenvalue weighted by molar-refractivity contribution is -0.121. The molecule has 3 rings (SSSR count). The van der Waals surface area contributed by atoms with Gasteiger partial charge >= 0.3 is 0 Å². The lowest BCUT2D eigenvalue weighted by Crippen LogP contribution is -2.26. The van der Waals surface area contributed by atoms with Gasteiger partial charge in [-0.2, -0.15) is 0 Å². The monoisotopic (exact) mass is 399 g/mol. The van der Waals surface area contributed by atoms with E-state index in [1.165, 1.54) is 11.3 Å². The summed E-state index contributed by atoms with van der Waals surface area (Å²) in [6.45, 7) is 0.477. The third kappa shape index (κ3) is 5.45. The van der Waals surface area contributed by atoms with Crippen LogP contribution in [-0.2, 0) is 11.2 Å². The van der Waals surface area contributed by atoms with Crippen LogP contribution in [-0.4, -0.2) is 28.2 Å². The average Bonchev–Trinajstić information content (AvgIpc) is 3.16. The van der Waals surface area contributed by atoms with Crippen LogP contribution in [0.2, 0.25) is 5.02 Å². The number of benzene rings is 1. The molecule has 5 nitrogen and oxygen atoms in total. The number of nitrogens with one attached hydrogen (secondary N) is 1. The van der Waals surface area contributed by atoms with E-state index in [0.717, 1.165) is 16.4 Å². The van der Waals surface area contributed by atoms with Gasteiger partial charge in [0.2, 0.25) is 5.91 Å². The number of hydrogen-bond donors (Lipinski definition) is 1. The Bertz CT molecular complexity index is 928. The van der Waals surface area contributed by atoms with E-state index < -0.39 is 0 Å². The molecule has 0 radical (unpaired) electrons. The van der Waals surface area contributed by atoms with E-state index >= 15 is 0 Å². The van der Waals surface area contributed by atoms with Crippen molar-refractivity contribution in [1.29, 1.82) is 0 Å². The molecule has 0 aliphatic rings. The fraction of sp³-hybridized carbons (Fsp3) is 0.200. The molecule has 1 N–H and O–H groups in total. The summed E-state index contributed by atoms with van der Waals surface area (Å²) < 4.78 is 0. The highest BCUT2D eigenvalue weighted by Gasteiger charge is 2.12. The number of carbonyl (C=O) groups is 2. The summed E-state index contributed by atoms with van der Waals surface area (Å²) in [4.78, 5) is 32.9. The number of hydrogen-bond acceptors (Lipinski definition) is 5. The van der Waals surface area contributed by atoms with Gasteiger partial charge in [-0.05, 0) is 24.3 Å². The Morgan fingerprint density at radius 1 is 1.07 bits per heavy atom. The van der Waals surface area contributed by atoms with Gasteiger partial charge in [0.15, 0.2) is 5.78 Å².